The summed E-state index contributed by atoms with van der Waals surface area (Å²) in [5.41, 5.74) is 3.95. The molecule has 2 N–H and O–H groups in total. The maximum atomic E-state index is 13.3. The van der Waals surface area contributed by atoms with Crippen LogP contribution in [0.25, 0.3) is 22.0 Å². The predicted molar refractivity (Wildman–Crippen MR) is 90.8 cm³/mol. The molecule has 0 radical (unpaired) electrons. The maximum absolute atomic E-state index is 13.3. The minimum absolute atomic E-state index is 0.0911. The van der Waals surface area contributed by atoms with Gasteiger partial charge in [0.15, 0.2) is 0 Å². The molecule has 1 aliphatic rings. The van der Waals surface area contributed by atoms with Crippen LogP contribution in [0, 0.1) is 11.7 Å². The fourth-order valence-electron chi connectivity index (χ4n) is 3.20. The third kappa shape index (κ3) is 2.31. The Labute approximate surface area is 136 Å². The molecule has 3 aromatic rings. The summed E-state index contributed by atoms with van der Waals surface area (Å²) in [7, 11) is -1.14. The van der Waals surface area contributed by atoms with Crippen molar-refractivity contribution in [2.24, 2.45) is 5.92 Å². The summed E-state index contributed by atoms with van der Waals surface area (Å²) in [4.78, 5) is 3.98. The third-order valence-corrected chi connectivity index (χ3v) is 5.64. The van der Waals surface area contributed by atoms with Crippen LogP contribution in [0.4, 0.5) is 4.39 Å². The molecule has 0 amide bonds. The summed E-state index contributed by atoms with van der Waals surface area (Å²) < 4.78 is 28.7. The highest BCUT2D eigenvalue weighted by Crippen LogP contribution is 2.37. The Morgan fingerprint density at radius 1 is 1.17 bits per heavy atom. The van der Waals surface area contributed by atoms with Gasteiger partial charge in [-0.15, -0.1) is 0 Å². The van der Waals surface area contributed by atoms with Crippen LogP contribution in [0.15, 0.2) is 47.5 Å². The minimum atomic E-state index is -1.14. The fourth-order valence-corrected chi connectivity index (χ4v) is 4.55. The molecular formula is C18H17FN2OS. The number of nitrogens with one attached hydrogen (secondary N) is 2. The van der Waals surface area contributed by atoms with Crippen molar-refractivity contribution in [1.82, 2.24) is 9.71 Å². The van der Waals surface area contributed by atoms with E-state index >= 15 is 0 Å². The quantitative estimate of drug-likeness (QED) is 0.724. The Balaban J connectivity index is 1.87. The fraction of sp³-hybridized carbons (Fsp3) is 0.222. The monoisotopic (exact) mass is 328 g/mol. The predicted octanol–water partition coefficient (Wildman–Crippen LogP) is 4.30. The van der Waals surface area contributed by atoms with E-state index < -0.39 is 11.0 Å². The van der Waals surface area contributed by atoms with E-state index in [9.17, 15) is 8.60 Å². The van der Waals surface area contributed by atoms with E-state index in [1.165, 1.54) is 12.1 Å². The normalized spacial score (nSPS) is 20.3. The molecular weight excluding hydrogens is 311 g/mol. The topological polar surface area (TPSA) is 44.9 Å². The van der Waals surface area contributed by atoms with Crippen molar-refractivity contribution in [2.45, 2.75) is 24.8 Å². The first-order valence-corrected chi connectivity index (χ1v) is 8.78. The lowest BCUT2D eigenvalue weighted by atomic mass is 9.94. The lowest BCUT2D eigenvalue weighted by Crippen LogP contribution is -2.19. The highest BCUT2D eigenvalue weighted by atomic mass is 32.2. The van der Waals surface area contributed by atoms with Crippen LogP contribution in [0.5, 0.6) is 0 Å². The number of H-pyrrole nitrogens is 1. The molecule has 2 atom stereocenters. The number of aromatic nitrogens is 1. The second-order valence-corrected chi connectivity index (χ2v) is 7.47. The molecule has 1 aromatic heterocycles. The number of hydrogen-bond donors (Lipinski definition) is 2. The average Bonchev–Trinajstić information content (AvgIpc) is 3.08. The molecule has 118 valence electrons. The number of fused-ring (bicyclic) bond motifs is 2. The van der Waals surface area contributed by atoms with E-state index in [0.29, 0.717) is 5.92 Å². The van der Waals surface area contributed by atoms with Crippen molar-refractivity contribution in [3.63, 3.8) is 0 Å². The van der Waals surface area contributed by atoms with Gasteiger partial charge in [-0.05, 0) is 47.4 Å². The standard InChI is InChI=1S/C18H17FN2OS/c1-10(2)18-14-7-11(3-6-17(14)23(22)21-18)15-9-20-16-8-12(19)4-5-13(15)16/h3-10,18,20-21H,1-2H3. The summed E-state index contributed by atoms with van der Waals surface area (Å²) in [6.45, 7) is 4.23. The molecule has 4 rings (SSSR count). The van der Waals surface area contributed by atoms with Crippen LogP contribution in [0.1, 0.15) is 25.5 Å². The van der Waals surface area contributed by atoms with Gasteiger partial charge in [-0.25, -0.2) is 13.3 Å². The molecule has 2 aromatic carbocycles. The van der Waals surface area contributed by atoms with Crippen molar-refractivity contribution < 1.29 is 8.60 Å². The lowest BCUT2D eigenvalue weighted by molar-refractivity contribution is 0.487. The van der Waals surface area contributed by atoms with E-state index in [4.69, 9.17) is 0 Å². The second kappa shape index (κ2) is 5.28. The Morgan fingerprint density at radius 2 is 2.00 bits per heavy atom. The molecule has 0 spiro atoms. The van der Waals surface area contributed by atoms with Crippen molar-refractivity contribution in [2.75, 3.05) is 0 Å². The molecule has 0 fully saturated rings. The molecule has 0 aliphatic carbocycles. The third-order valence-electron chi connectivity index (χ3n) is 4.40. The van der Waals surface area contributed by atoms with Crippen LogP contribution in [0.3, 0.4) is 0 Å². The molecule has 0 bridgehead atoms. The van der Waals surface area contributed by atoms with Gasteiger partial charge in [0.1, 0.15) is 16.8 Å². The lowest BCUT2D eigenvalue weighted by Gasteiger charge is -2.15. The van der Waals surface area contributed by atoms with Gasteiger partial charge < -0.3 is 4.98 Å². The first-order chi connectivity index (χ1) is 11.0. The molecule has 1 aliphatic heterocycles. The van der Waals surface area contributed by atoms with Crippen LogP contribution in [0.2, 0.25) is 0 Å². The van der Waals surface area contributed by atoms with Gasteiger partial charge in [0.25, 0.3) is 0 Å². The van der Waals surface area contributed by atoms with Gasteiger partial charge in [0.2, 0.25) is 0 Å². The van der Waals surface area contributed by atoms with Crippen LogP contribution in [-0.2, 0) is 11.0 Å². The van der Waals surface area contributed by atoms with Crippen LogP contribution in [-0.4, -0.2) is 9.19 Å². The number of halogens is 1. The van der Waals surface area contributed by atoms with Crippen LogP contribution >= 0.6 is 0 Å². The summed E-state index contributed by atoms with van der Waals surface area (Å²) in [5.74, 6) is 0.104. The average molecular weight is 328 g/mol. The first kappa shape index (κ1) is 14.6. The van der Waals surface area contributed by atoms with Crippen molar-refractivity contribution >= 4 is 21.9 Å². The molecule has 23 heavy (non-hydrogen) atoms. The first-order valence-electron chi connectivity index (χ1n) is 7.63. The second-order valence-electron chi connectivity index (χ2n) is 6.25. The number of benzene rings is 2. The highest BCUT2D eigenvalue weighted by Gasteiger charge is 2.30. The number of hydrogen-bond acceptors (Lipinski definition) is 1. The molecule has 0 saturated carbocycles. The summed E-state index contributed by atoms with van der Waals surface area (Å²) in [5, 5.41) is 0.986. The molecule has 3 nitrogen and oxygen atoms in total. The van der Waals surface area contributed by atoms with Crippen molar-refractivity contribution in [1.29, 1.82) is 0 Å². The van der Waals surface area contributed by atoms with Gasteiger partial charge in [-0.1, -0.05) is 19.9 Å². The van der Waals surface area contributed by atoms with E-state index in [0.717, 1.165) is 32.5 Å². The van der Waals surface area contributed by atoms with Gasteiger partial charge in [-0.3, -0.25) is 0 Å². The molecule has 0 saturated heterocycles. The summed E-state index contributed by atoms with van der Waals surface area (Å²) in [6.07, 6.45) is 1.90. The molecule has 2 unspecified atom stereocenters. The molecule has 2 heterocycles. The zero-order valence-electron chi connectivity index (χ0n) is 12.9. The molecule has 5 heteroatoms. The van der Waals surface area contributed by atoms with E-state index in [1.807, 2.05) is 18.3 Å². The van der Waals surface area contributed by atoms with E-state index in [-0.39, 0.29) is 11.9 Å². The van der Waals surface area contributed by atoms with Crippen molar-refractivity contribution in [3.05, 3.63) is 54.0 Å². The van der Waals surface area contributed by atoms with Gasteiger partial charge in [0.05, 0.1) is 4.90 Å². The number of rotatable bonds is 2. The van der Waals surface area contributed by atoms with Crippen molar-refractivity contribution in [3.8, 4) is 11.1 Å². The summed E-state index contributed by atoms with van der Waals surface area (Å²) >= 11 is 0. The Bertz CT molecular complexity index is 932. The highest BCUT2D eigenvalue weighted by molar-refractivity contribution is 7.83. The van der Waals surface area contributed by atoms with Gasteiger partial charge >= 0.3 is 0 Å². The Hall–Kier alpha value is -1.98. The Morgan fingerprint density at radius 3 is 2.78 bits per heavy atom. The van der Waals surface area contributed by atoms with Gasteiger partial charge in [-0.2, -0.15) is 0 Å². The van der Waals surface area contributed by atoms with E-state index in [1.54, 1.807) is 6.07 Å². The van der Waals surface area contributed by atoms with Gasteiger partial charge in [0, 0.05) is 28.7 Å². The Kier molecular flexibility index (Phi) is 3.36. The summed E-state index contributed by atoms with van der Waals surface area (Å²) in [6, 6.07) is 10.9. The smallest absolute Gasteiger partial charge is 0.125 e. The van der Waals surface area contributed by atoms with E-state index in [2.05, 4.69) is 29.6 Å². The largest absolute Gasteiger partial charge is 0.360 e. The minimum Gasteiger partial charge on any atom is -0.360 e. The maximum Gasteiger partial charge on any atom is 0.125 e. The zero-order chi connectivity index (χ0) is 16.1. The number of aromatic amines is 1. The van der Waals surface area contributed by atoms with Crippen LogP contribution < -0.4 is 4.72 Å². The SMILES string of the molecule is CC(C)C1NS(=O)c2ccc(-c3c[nH]c4cc(F)ccc34)cc21. The zero-order valence-corrected chi connectivity index (χ0v) is 13.7.